The van der Waals surface area contributed by atoms with Crippen LogP contribution in [0.25, 0.3) is 0 Å². The largest absolute Gasteiger partial charge is 0.496 e. The van der Waals surface area contributed by atoms with Gasteiger partial charge in [0, 0.05) is 34.1 Å². The van der Waals surface area contributed by atoms with Crippen LogP contribution in [0.3, 0.4) is 0 Å². The maximum absolute atomic E-state index is 13.1. The minimum Gasteiger partial charge on any atom is -0.496 e. The highest BCUT2D eigenvalue weighted by atomic mass is 79.9. The Hall–Kier alpha value is -1.56. The summed E-state index contributed by atoms with van der Waals surface area (Å²) in [5, 5.41) is 0. The molecule has 1 fully saturated rings. The van der Waals surface area contributed by atoms with Gasteiger partial charge in [-0.1, -0.05) is 15.9 Å². The predicted octanol–water partition coefficient (Wildman–Crippen LogP) is 4.21. The third kappa shape index (κ3) is 3.41. The monoisotopic (exact) mass is 409 g/mol. The van der Waals surface area contributed by atoms with Crippen LogP contribution >= 0.6 is 15.9 Å². The molecule has 0 atom stereocenters. The lowest BCUT2D eigenvalue weighted by Crippen LogP contribution is -2.47. The lowest BCUT2D eigenvalue weighted by molar-refractivity contribution is 0.0113. The molecule has 1 heterocycles. The Morgan fingerprint density at radius 2 is 1.88 bits per heavy atom. The number of methoxy groups -OCH3 is 1. The molecule has 3 rings (SSSR count). The standard InChI is InChI=1S/C19H24BrNO4/c1-18(2,3)25-17(23)21-7-5-19(6-8-21)11-14-13(16(19)22)9-12(20)10-15(14)24-4/h9-10H,5-8,11H2,1-4H3. The molecule has 25 heavy (non-hydrogen) atoms. The van der Waals surface area contributed by atoms with Crippen LogP contribution in [0.15, 0.2) is 16.6 Å². The zero-order valence-corrected chi connectivity index (χ0v) is 16.7. The van der Waals surface area contributed by atoms with Gasteiger partial charge in [-0.05, 0) is 52.2 Å². The molecule has 1 aromatic carbocycles. The van der Waals surface area contributed by atoms with E-state index >= 15 is 0 Å². The highest BCUT2D eigenvalue weighted by Gasteiger charge is 2.49. The molecule has 1 aromatic rings. The first kappa shape index (κ1) is 18.2. The van der Waals surface area contributed by atoms with E-state index in [1.807, 2.05) is 32.9 Å². The average molecular weight is 410 g/mol. The van der Waals surface area contributed by atoms with Gasteiger partial charge in [-0.25, -0.2) is 4.79 Å². The number of likely N-dealkylation sites (tertiary alicyclic amines) is 1. The molecule has 1 aliphatic heterocycles. The van der Waals surface area contributed by atoms with Crippen LogP contribution in [0.1, 0.15) is 49.5 Å². The molecular weight excluding hydrogens is 386 g/mol. The molecule has 0 saturated carbocycles. The number of ether oxygens (including phenoxy) is 2. The lowest BCUT2D eigenvalue weighted by Gasteiger charge is -2.38. The Balaban J connectivity index is 1.76. The molecule has 0 radical (unpaired) electrons. The number of hydrogen-bond acceptors (Lipinski definition) is 4. The number of fused-ring (bicyclic) bond motifs is 1. The Bertz CT molecular complexity index is 715. The summed E-state index contributed by atoms with van der Waals surface area (Å²) in [6.07, 6.45) is 1.69. The number of nitrogens with zero attached hydrogens (tertiary/aromatic N) is 1. The van der Waals surface area contributed by atoms with Gasteiger partial charge in [0.25, 0.3) is 0 Å². The number of Topliss-reactive ketones (excluding diaryl/α,β-unsaturated/α-hetero) is 1. The summed E-state index contributed by atoms with van der Waals surface area (Å²) in [7, 11) is 1.63. The summed E-state index contributed by atoms with van der Waals surface area (Å²) < 4.78 is 11.8. The van der Waals surface area contributed by atoms with Crippen molar-refractivity contribution in [1.82, 2.24) is 4.90 Å². The quantitative estimate of drug-likeness (QED) is 0.696. The first-order valence-corrected chi connectivity index (χ1v) is 9.34. The maximum atomic E-state index is 13.1. The molecule has 0 N–H and O–H groups in total. The number of halogens is 1. The first-order valence-electron chi connectivity index (χ1n) is 8.54. The lowest BCUT2D eigenvalue weighted by atomic mass is 9.75. The fourth-order valence-corrected chi connectivity index (χ4v) is 4.17. The van der Waals surface area contributed by atoms with Crippen molar-refractivity contribution < 1.29 is 19.1 Å². The van der Waals surface area contributed by atoms with E-state index in [4.69, 9.17) is 9.47 Å². The summed E-state index contributed by atoms with van der Waals surface area (Å²) in [4.78, 5) is 27.1. The van der Waals surface area contributed by atoms with Crippen molar-refractivity contribution in [3.8, 4) is 5.75 Å². The van der Waals surface area contributed by atoms with Gasteiger partial charge in [0.1, 0.15) is 11.4 Å². The number of amides is 1. The normalized spacial score (nSPS) is 19.1. The molecule has 6 heteroatoms. The van der Waals surface area contributed by atoms with E-state index in [2.05, 4.69) is 15.9 Å². The summed E-state index contributed by atoms with van der Waals surface area (Å²) in [6, 6.07) is 3.79. The van der Waals surface area contributed by atoms with E-state index in [-0.39, 0.29) is 11.9 Å². The summed E-state index contributed by atoms with van der Waals surface area (Å²) >= 11 is 3.45. The van der Waals surface area contributed by atoms with Crippen molar-refractivity contribution in [1.29, 1.82) is 0 Å². The van der Waals surface area contributed by atoms with Crippen LogP contribution in [0.5, 0.6) is 5.75 Å². The number of carbonyl (C=O) groups is 2. The highest BCUT2D eigenvalue weighted by Crippen LogP contribution is 2.48. The number of piperidine rings is 1. The number of rotatable bonds is 1. The highest BCUT2D eigenvalue weighted by molar-refractivity contribution is 9.10. The van der Waals surface area contributed by atoms with Crippen LogP contribution in [0.2, 0.25) is 0 Å². The number of benzene rings is 1. The molecule has 0 aromatic heterocycles. The zero-order valence-electron chi connectivity index (χ0n) is 15.1. The third-order valence-electron chi connectivity index (χ3n) is 5.01. The van der Waals surface area contributed by atoms with Gasteiger partial charge >= 0.3 is 6.09 Å². The van der Waals surface area contributed by atoms with Crippen molar-refractivity contribution in [3.63, 3.8) is 0 Å². The second-order valence-corrected chi connectivity index (χ2v) is 8.80. The Labute approximate surface area is 156 Å². The predicted molar refractivity (Wildman–Crippen MR) is 98.2 cm³/mol. The van der Waals surface area contributed by atoms with Crippen LogP contribution < -0.4 is 4.74 Å². The maximum Gasteiger partial charge on any atom is 0.410 e. The van der Waals surface area contributed by atoms with Crippen LogP contribution in [-0.4, -0.2) is 42.6 Å². The first-order chi connectivity index (χ1) is 11.6. The molecule has 2 aliphatic rings. The van der Waals surface area contributed by atoms with Crippen LogP contribution in [0, 0.1) is 5.41 Å². The van der Waals surface area contributed by atoms with Crippen molar-refractivity contribution in [2.75, 3.05) is 20.2 Å². The van der Waals surface area contributed by atoms with E-state index in [9.17, 15) is 9.59 Å². The van der Waals surface area contributed by atoms with Crippen LogP contribution in [-0.2, 0) is 11.2 Å². The Morgan fingerprint density at radius 3 is 2.44 bits per heavy atom. The van der Waals surface area contributed by atoms with E-state index in [0.717, 1.165) is 21.3 Å². The Morgan fingerprint density at radius 1 is 1.24 bits per heavy atom. The second-order valence-electron chi connectivity index (χ2n) is 7.89. The van der Waals surface area contributed by atoms with Gasteiger partial charge in [0.2, 0.25) is 0 Å². The molecule has 136 valence electrons. The SMILES string of the molecule is COc1cc(Br)cc2c1CC1(CCN(C(=O)OC(C)(C)C)CC1)C2=O. The molecule has 0 bridgehead atoms. The number of hydrogen-bond donors (Lipinski definition) is 0. The average Bonchev–Trinajstić information content (AvgIpc) is 2.79. The van der Waals surface area contributed by atoms with Gasteiger partial charge in [0.15, 0.2) is 5.78 Å². The molecule has 1 spiro atoms. The van der Waals surface area contributed by atoms with Gasteiger partial charge in [-0.3, -0.25) is 4.79 Å². The van der Waals surface area contributed by atoms with E-state index in [1.165, 1.54) is 0 Å². The fraction of sp³-hybridized carbons (Fsp3) is 0.579. The Kier molecular flexibility index (Phi) is 4.60. The minimum atomic E-state index is -0.509. The molecule has 5 nitrogen and oxygen atoms in total. The second kappa shape index (κ2) is 6.31. The molecule has 1 saturated heterocycles. The molecular formula is C19H24BrNO4. The summed E-state index contributed by atoms with van der Waals surface area (Å²) in [6.45, 7) is 6.66. The number of ketones is 1. The van der Waals surface area contributed by atoms with Crippen LogP contribution in [0.4, 0.5) is 4.79 Å². The number of carbonyl (C=O) groups excluding carboxylic acids is 2. The van der Waals surface area contributed by atoms with Crippen molar-refractivity contribution in [2.24, 2.45) is 5.41 Å². The summed E-state index contributed by atoms with van der Waals surface area (Å²) in [5.74, 6) is 0.926. The van der Waals surface area contributed by atoms with Crippen molar-refractivity contribution in [3.05, 3.63) is 27.7 Å². The smallest absolute Gasteiger partial charge is 0.410 e. The zero-order chi connectivity index (χ0) is 18.4. The fourth-order valence-electron chi connectivity index (χ4n) is 3.73. The molecule has 0 unspecified atom stereocenters. The third-order valence-corrected chi connectivity index (χ3v) is 5.47. The van der Waals surface area contributed by atoms with Crippen molar-refractivity contribution in [2.45, 2.75) is 45.6 Å². The minimum absolute atomic E-state index is 0.172. The molecule has 1 amide bonds. The summed E-state index contributed by atoms with van der Waals surface area (Å²) in [5.41, 5.74) is 0.804. The van der Waals surface area contributed by atoms with E-state index < -0.39 is 11.0 Å². The van der Waals surface area contributed by atoms with Gasteiger partial charge in [-0.2, -0.15) is 0 Å². The van der Waals surface area contributed by atoms with Gasteiger partial charge in [0.05, 0.1) is 7.11 Å². The topological polar surface area (TPSA) is 55.8 Å². The van der Waals surface area contributed by atoms with Crippen molar-refractivity contribution >= 4 is 27.8 Å². The van der Waals surface area contributed by atoms with E-state index in [0.29, 0.717) is 32.4 Å². The van der Waals surface area contributed by atoms with Gasteiger partial charge in [-0.15, -0.1) is 0 Å². The van der Waals surface area contributed by atoms with E-state index in [1.54, 1.807) is 12.0 Å². The van der Waals surface area contributed by atoms with Gasteiger partial charge < -0.3 is 14.4 Å². The molecule has 1 aliphatic carbocycles.